The quantitative estimate of drug-likeness (QED) is 0.246. The molecule has 0 aliphatic rings. The number of carbonyl (C=O) groups is 2. The fraction of sp³-hybridized carbons (Fsp3) is 0.333. The van der Waals surface area contributed by atoms with Crippen LogP contribution in [-0.2, 0) is 38.5 Å². The van der Waals surface area contributed by atoms with Gasteiger partial charge in [0.05, 0.1) is 54.5 Å². The molecule has 4 aromatic rings. The van der Waals surface area contributed by atoms with Gasteiger partial charge in [0.15, 0.2) is 11.4 Å². The van der Waals surface area contributed by atoms with Gasteiger partial charge in [-0.1, -0.05) is 10.4 Å². The number of nitrogens with zero attached hydrogens (tertiary/aromatic N) is 8. The second-order valence-corrected chi connectivity index (χ2v) is 9.01. The van der Waals surface area contributed by atoms with Gasteiger partial charge < -0.3 is 10.6 Å². The van der Waals surface area contributed by atoms with Crippen LogP contribution in [0.2, 0.25) is 0 Å². The summed E-state index contributed by atoms with van der Waals surface area (Å²) >= 11 is 0. The SMILES string of the molecule is O=C(NCc1cc(C(F)(F)F)ccn1)c1cn(CCC(F)Cn2cc(C(=O)NCc3cc(C(F)(F)F)ccn3)nn2)nn1. The Balaban J connectivity index is 1.21. The van der Waals surface area contributed by atoms with Gasteiger partial charge in [-0.05, 0) is 24.3 Å². The zero-order valence-corrected chi connectivity index (χ0v) is 21.8. The fourth-order valence-electron chi connectivity index (χ4n) is 3.60. The molecule has 0 spiro atoms. The van der Waals surface area contributed by atoms with Crippen LogP contribution in [0.15, 0.2) is 49.1 Å². The van der Waals surface area contributed by atoms with Crippen molar-refractivity contribution in [3.05, 3.63) is 83.0 Å². The van der Waals surface area contributed by atoms with Gasteiger partial charge in [-0.15, -0.1) is 10.2 Å². The van der Waals surface area contributed by atoms with E-state index in [1.54, 1.807) is 0 Å². The number of hydrogen-bond donors (Lipinski definition) is 2. The summed E-state index contributed by atoms with van der Waals surface area (Å²) < 4.78 is 93.8. The van der Waals surface area contributed by atoms with Crippen molar-refractivity contribution in [3.8, 4) is 0 Å². The summed E-state index contributed by atoms with van der Waals surface area (Å²) in [7, 11) is 0. The minimum atomic E-state index is -4.56. The van der Waals surface area contributed by atoms with Crippen molar-refractivity contribution < 1.29 is 40.3 Å². The molecule has 0 aromatic carbocycles. The van der Waals surface area contributed by atoms with Gasteiger partial charge in [-0.2, -0.15) is 26.3 Å². The summed E-state index contributed by atoms with van der Waals surface area (Å²) in [6, 6.07) is 3.21. The van der Waals surface area contributed by atoms with Crippen LogP contribution in [0, 0.1) is 0 Å². The first-order chi connectivity index (χ1) is 20.3. The number of aryl methyl sites for hydroxylation is 1. The number of carbonyl (C=O) groups excluding carboxylic acids is 2. The molecule has 4 aromatic heterocycles. The Morgan fingerprint density at radius 2 is 1.23 bits per heavy atom. The molecule has 19 heteroatoms. The largest absolute Gasteiger partial charge is 0.416 e. The first-order valence-electron chi connectivity index (χ1n) is 12.3. The van der Waals surface area contributed by atoms with Gasteiger partial charge in [0, 0.05) is 25.4 Å². The standard InChI is InChI=1S/C24H21F7N10O2/c25-16(11-41-13-20(37-39-41)22(43)35-10-18-8-15(2-5-33-18)24(29,30)31)3-6-40-12-19(36-38-40)21(42)34-9-17-7-14(1-4-32-17)23(26,27)28/h1-2,4-5,7-8,12-13,16H,3,6,9-11H2,(H,34,42)(H,35,43). The molecule has 2 N–H and O–H groups in total. The van der Waals surface area contributed by atoms with E-state index in [-0.39, 0.29) is 55.4 Å². The van der Waals surface area contributed by atoms with E-state index < -0.39 is 41.5 Å². The lowest BCUT2D eigenvalue weighted by Crippen LogP contribution is -2.24. The van der Waals surface area contributed by atoms with Gasteiger partial charge in [-0.25, -0.2) is 9.07 Å². The highest BCUT2D eigenvalue weighted by molar-refractivity contribution is 5.92. The van der Waals surface area contributed by atoms with Crippen LogP contribution in [-0.4, -0.2) is 57.9 Å². The van der Waals surface area contributed by atoms with Crippen LogP contribution in [0.25, 0.3) is 0 Å². The molecule has 4 rings (SSSR count). The Bertz CT molecular complexity index is 1570. The lowest BCUT2D eigenvalue weighted by Gasteiger charge is -2.08. The lowest BCUT2D eigenvalue weighted by molar-refractivity contribution is -0.138. The zero-order valence-electron chi connectivity index (χ0n) is 21.8. The number of amides is 2. The molecule has 0 saturated heterocycles. The van der Waals surface area contributed by atoms with Crippen LogP contribution in [0.5, 0.6) is 0 Å². The van der Waals surface area contributed by atoms with Crippen LogP contribution in [0.1, 0.15) is 49.9 Å². The average molecular weight is 614 g/mol. The van der Waals surface area contributed by atoms with Gasteiger partial charge >= 0.3 is 12.4 Å². The van der Waals surface area contributed by atoms with E-state index in [1.807, 2.05) is 0 Å². The monoisotopic (exact) mass is 614 g/mol. The van der Waals surface area contributed by atoms with Gasteiger partial charge in [0.2, 0.25) is 0 Å². The Kier molecular flexibility index (Phi) is 9.30. The summed E-state index contributed by atoms with van der Waals surface area (Å²) in [6.07, 6.45) is -6.35. The highest BCUT2D eigenvalue weighted by atomic mass is 19.4. The van der Waals surface area contributed by atoms with E-state index in [1.165, 1.54) is 17.1 Å². The van der Waals surface area contributed by atoms with Crippen molar-refractivity contribution >= 4 is 11.8 Å². The highest BCUT2D eigenvalue weighted by Gasteiger charge is 2.31. The Labute approximate surface area is 237 Å². The number of halogens is 7. The summed E-state index contributed by atoms with van der Waals surface area (Å²) in [5.74, 6) is -1.47. The number of pyridine rings is 2. The second-order valence-electron chi connectivity index (χ2n) is 9.01. The van der Waals surface area contributed by atoms with Crippen molar-refractivity contribution in [1.82, 2.24) is 50.6 Å². The molecule has 0 saturated carbocycles. The van der Waals surface area contributed by atoms with E-state index >= 15 is 0 Å². The minimum absolute atomic E-state index is 0.00264. The molecule has 12 nitrogen and oxygen atoms in total. The molecule has 1 unspecified atom stereocenters. The molecule has 0 fully saturated rings. The number of rotatable bonds is 11. The van der Waals surface area contributed by atoms with E-state index in [2.05, 4.69) is 41.2 Å². The van der Waals surface area contributed by atoms with Gasteiger partial charge in [0.25, 0.3) is 11.8 Å². The molecule has 0 radical (unpaired) electrons. The Morgan fingerprint density at radius 1 is 0.767 bits per heavy atom. The molecule has 0 aliphatic carbocycles. The number of alkyl halides is 7. The van der Waals surface area contributed by atoms with Crippen molar-refractivity contribution in [3.63, 3.8) is 0 Å². The number of aromatic nitrogens is 8. The molecule has 1 atom stereocenters. The molecular formula is C24H21F7N10O2. The average Bonchev–Trinajstić information content (AvgIpc) is 3.63. The van der Waals surface area contributed by atoms with Crippen molar-refractivity contribution in [2.75, 3.05) is 0 Å². The maximum absolute atomic E-state index is 14.6. The summed E-state index contributed by atoms with van der Waals surface area (Å²) in [5, 5.41) is 19.5. The first-order valence-corrected chi connectivity index (χ1v) is 12.3. The zero-order chi connectivity index (χ0) is 31.2. The molecule has 2 amide bonds. The maximum Gasteiger partial charge on any atom is 0.416 e. The van der Waals surface area contributed by atoms with Crippen molar-refractivity contribution in [2.45, 2.75) is 51.1 Å². The van der Waals surface area contributed by atoms with E-state index in [9.17, 15) is 40.3 Å². The normalized spacial score (nSPS) is 12.6. The third-order valence-corrected chi connectivity index (χ3v) is 5.75. The Hall–Kier alpha value is -4.97. The van der Waals surface area contributed by atoms with E-state index in [0.717, 1.165) is 41.3 Å². The summed E-state index contributed by atoms with van der Waals surface area (Å²) in [6.45, 7) is -0.881. The lowest BCUT2D eigenvalue weighted by atomic mass is 10.2. The van der Waals surface area contributed by atoms with Crippen LogP contribution < -0.4 is 10.6 Å². The minimum Gasteiger partial charge on any atom is -0.345 e. The molecule has 0 bridgehead atoms. The fourth-order valence-corrected chi connectivity index (χ4v) is 3.60. The smallest absolute Gasteiger partial charge is 0.345 e. The third-order valence-electron chi connectivity index (χ3n) is 5.75. The van der Waals surface area contributed by atoms with Crippen LogP contribution >= 0.6 is 0 Å². The van der Waals surface area contributed by atoms with Crippen LogP contribution in [0.4, 0.5) is 30.7 Å². The molecule has 4 heterocycles. The van der Waals surface area contributed by atoms with Crippen LogP contribution in [0.3, 0.4) is 0 Å². The number of nitrogens with one attached hydrogen (secondary N) is 2. The maximum atomic E-state index is 14.6. The summed E-state index contributed by atoms with van der Waals surface area (Å²) in [4.78, 5) is 32.1. The van der Waals surface area contributed by atoms with E-state index in [4.69, 9.17) is 0 Å². The molecular weight excluding hydrogens is 593 g/mol. The molecule has 228 valence electrons. The highest BCUT2D eigenvalue weighted by Crippen LogP contribution is 2.29. The molecule has 43 heavy (non-hydrogen) atoms. The topological polar surface area (TPSA) is 145 Å². The summed E-state index contributed by atoms with van der Waals surface area (Å²) in [5.41, 5.74) is -2.20. The van der Waals surface area contributed by atoms with Crippen molar-refractivity contribution in [2.24, 2.45) is 0 Å². The second kappa shape index (κ2) is 12.9. The predicted octanol–water partition coefficient (Wildman–Crippen LogP) is 2.99. The third kappa shape index (κ3) is 8.76. The van der Waals surface area contributed by atoms with Gasteiger partial charge in [0.1, 0.15) is 6.17 Å². The van der Waals surface area contributed by atoms with Crippen molar-refractivity contribution in [1.29, 1.82) is 0 Å². The van der Waals surface area contributed by atoms with Gasteiger partial charge in [-0.3, -0.25) is 24.2 Å². The molecule has 0 aliphatic heterocycles. The first kappa shape index (κ1) is 31.0. The number of hydrogen-bond acceptors (Lipinski definition) is 8. The van der Waals surface area contributed by atoms with E-state index in [0.29, 0.717) is 0 Å². The predicted molar refractivity (Wildman–Crippen MR) is 130 cm³/mol. The Morgan fingerprint density at radius 3 is 1.72 bits per heavy atom.